The van der Waals surface area contributed by atoms with Gasteiger partial charge in [-0.2, -0.15) is 0 Å². The van der Waals surface area contributed by atoms with Gasteiger partial charge in [0.2, 0.25) is 0 Å². The van der Waals surface area contributed by atoms with E-state index in [0.29, 0.717) is 0 Å². The first-order valence-corrected chi connectivity index (χ1v) is 12.2. The maximum absolute atomic E-state index is 4.29. The number of unbranched alkanes of at least 4 members (excludes halogenated alkanes) is 9. The standard InChI is InChI=1S/C18H35N3S3/c1-4-5-6-7-8-9-10-11-12-13-15-22-17-19-20-18(24-17)23-16-14-21(2)3/h4-16H2,1-3H3. The molecule has 0 saturated carbocycles. The Bertz CT molecular complexity index is 397. The van der Waals surface area contributed by atoms with Crippen LogP contribution in [0.1, 0.15) is 71.1 Å². The molecule has 6 heteroatoms. The molecule has 0 aliphatic rings. The van der Waals surface area contributed by atoms with Gasteiger partial charge >= 0.3 is 0 Å². The van der Waals surface area contributed by atoms with Crippen LogP contribution in [0.25, 0.3) is 0 Å². The predicted octanol–water partition coefficient (Wildman–Crippen LogP) is 6.20. The highest BCUT2D eigenvalue weighted by Crippen LogP contribution is 2.29. The van der Waals surface area contributed by atoms with Crippen LogP contribution < -0.4 is 0 Å². The van der Waals surface area contributed by atoms with Gasteiger partial charge in [-0.05, 0) is 20.5 Å². The average molecular weight is 390 g/mol. The van der Waals surface area contributed by atoms with Crippen molar-refractivity contribution in [3.05, 3.63) is 0 Å². The molecule has 0 amide bonds. The molecular weight excluding hydrogens is 354 g/mol. The Labute approximate surface area is 161 Å². The molecule has 0 unspecified atom stereocenters. The number of rotatable bonds is 16. The van der Waals surface area contributed by atoms with Crippen molar-refractivity contribution in [3.8, 4) is 0 Å². The summed E-state index contributed by atoms with van der Waals surface area (Å²) in [5.74, 6) is 2.28. The van der Waals surface area contributed by atoms with E-state index in [1.54, 1.807) is 11.3 Å². The van der Waals surface area contributed by atoms with E-state index < -0.39 is 0 Å². The molecule has 140 valence electrons. The molecule has 0 aliphatic carbocycles. The van der Waals surface area contributed by atoms with E-state index in [-0.39, 0.29) is 0 Å². The van der Waals surface area contributed by atoms with Gasteiger partial charge in [0.1, 0.15) is 0 Å². The van der Waals surface area contributed by atoms with Crippen molar-refractivity contribution in [1.29, 1.82) is 0 Å². The maximum Gasteiger partial charge on any atom is 0.175 e. The number of hydrogen-bond donors (Lipinski definition) is 0. The topological polar surface area (TPSA) is 29.0 Å². The highest BCUT2D eigenvalue weighted by atomic mass is 32.2. The molecule has 1 heterocycles. The largest absolute Gasteiger partial charge is 0.309 e. The predicted molar refractivity (Wildman–Crippen MR) is 112 cm³/mol. The summed E-state index contributed by atoms with van der Waals surface area (Å²) in [5, 5.41) is 8.57. The molecule has 0 aliphatic heterocycles. The molecule has 1 aromatic rings. The minimum Gasteiger partial charge on any atom is -0.309 e. The van der Waals surface area contributed by atoms with Crippen LogP contribution in [0.4, 0.5) is 0 Å². The molecule has 1 aromatic heterocycles. The number of hydrogen-bond acceptors (Lipinski definition) is 6. The molecule has 24 heavy (non-hydrogen) atoms. The second-order valence-electron chi connectivity index (χ2n) is 6.52. The Hall–Kier alpha value is 0.220. The Morgan fingerprint density at radius 2 is 1.25 bits per heavy atom. The molecule has 1 rings (SSSR count). The van der Waals surface area contributed by atoms with Crippen molar-refractivity contribution in [1.82, 2.24) is 15.1 Å². The maximum atomic E-state index is 4.29. The summed E-state index contributed by atoms with van der Waals surface area (Å²) in [4.78, 5) is 2.20. The summed E-state index contributed by atoms with van der Waals surface area (Å²) in [6, 6.07) is 0. The van der Waals surface area contributed by atoms with Crippen LogP contribution in [-0.2, 0) is 0 Å². The highest BCUT2D eigenvalue weighted by molar-refractivity contribution is 8.03. The van der Waals surface area contributed by atoms with Crippen LogP contribution in [0.5, 0.6) is 0 Å². The molecule has 0 bridgehead atoms. The van der Waals surface area contributed by atoms with Crippen molar-refractivity contribution in [2.75, 3.05) is 32.1 Å². The third-order valence-corrected chi connectivity index (χ3v) is 7.13. The number of thioether (sulfide) groups is 2. The van der Waals surface area contributed by atoms with Gasteiger partial charge in [-0.3, -0.25) is 0 Å². The normalized spacial score (nSPS) is 11.5. The lowest BCUT2D eigenvalue weighted by atomic mass is 10.1. The first-order chi connectivity index (χ1) is 11.7. The van der Waals surface area contributed by atoms with E-state index in [1.807, 2.05) is 23.5 Å². The fourth-order valence-electron chi connectivity index (χ4n) is 2.38. The SMILES string of the molecule is CCCCCCCCCCCCSc1nnc(SCCN(C)C)s1. The second-order valence-corrected chi connectivity index (χ2v) is 10.2. The van der Waals surface area contributed by atoms with Gasteiger partial charge in [0.15, 0.2) is 8.68 Å². The fraction of sp³-hybridized carbons (Fsp3) is 0.889. The average Bonchev–Trinajstić information content (AvgIpc) is 3.00. The van der Waals surface area contributed by atoms with Crippen LogP contribution in [0, 0.1) is 0 Å². The van der Waals surface area contributed by atoms with E-state index in [0.717, 1.165) is 21.0 Å². The van der Waals surface area contributed by atoms with Gasteiger partial charge in [0.05, 0.1) is 0 Å². The molecule has 0 saturated heterocycles. The summed E-state index contributed by atoms with van der Waals surface area (Å²) >= 11 is 5.45. The summed E-state index contributed by atoms with van der Waals surface area (Å²) in [6.07, 6.45) is 14.0. The van der Waals surface area contributed by atoms with Crippen molar-refractivity contribution >= 4 is 34.9 Å². The third kappa shape index (κ3) is 12.6. The van der Waals surface area contributed by atoms with Crippen LogP contribution in [0.15, 0.2) is 8.68 Å². The summed E-state index contributed by atoms with van der Waals surface area (Å²) < 4.78 is 2.25. The molecule has 0 spiro atoms. The van der Waals surface area contributed by atoms with Crippen molar-refractivity contribution in [2.45, 2.75) is 79.8 Å². The Morgan fingerprint density at radius 3 is 1.79 bits per heavy atom. The molecular formula is C18H35N3S3. The summed E-state index contributed by atoms with van der Waals surface area (Å²) in [5.41, 5.74) is 0. The first-order valence-electron chi connectivity index (χ1n) is 9.46. The van der Waals surface area contributed by atoms with Crippen molar-refractivity contribution in [2.24, 2.45) is 0 Å². The third-order valence-electron chi connectivity index (χ3n) is 3.88. The summed E-state index contributed by atoms with van der Waals surface area (Å²) in [6.45, 7) is 3.37. The van der Waals surface area contributed by atoms with Crippen LogP contribution in [0.2, 0.25) is 0 Å². The first kappa shape index (κ1) is 22.3. The molecule has 0 N–H and O–H groups in total. The lowest BCUT2D eigenvalue weighted by Crippen LogP contribution is -2.14. The van der Waals surface area contributed by atoms with Crippen LogP contribution >= 0.6 is 34.9 Å². The van der Waals surface area contributed by atoms with Gasteiger partial charge in [-0.15, -0.1) is 10.2 Å². The zero-order valence-electron chi connectivity index (χ0n) is 15.8. The molecule has 3 nitrogen and oxygen atoms in total. The van der Waals surface area contributed by atoms with Gasteiger partial charge in [-0.25, -0.2) is 0 Å². The van der Waals surface area contributed by atoms with Crippen molar-refractivity contribution in [3.63, 3.8) is 0 Å². The van der Waals surface area contributed by atoms with Gasteiger partial charge in [0.25, 0.3) is 0 Å². The lowest BCUT2D eigenvalue weighted by molar-refractivity contribution is 0.437. The lowest BCUT2D eigenvalue weighted by Gasteiger charge is -2.06. The van der Waals surface area contributed by atoms with Crippen LogP contribution in [-0.4, -0.2) is 47.2 Å². The number of aromatic nitrogens is 2. The van der Waals surface area contributed by atoms with E-state index in [1.165, 1.54) is 70.0 Å². The van der Waals surface area contributed by atoms with E-state index in [2.05, 4.69) is 36.1 Å². The van der Waals surface area contributed by atoms with Gasteiger partial charge in [0, 0.05) is 18.1 Å². The van der Waals surface area contributed by atoms with E-state index in [4.69, 9.17) is 0 Å². The molecule has 0 aromatic carbocycles. The van der Waals surface area contributed by atoms with E-state index in [9.17, 15) is 0 Å². The Morgan fingerprint density at radius 1 is 0.750 bits per heavy atom. The smallest absolute Gasteiger partial charge is 0.175 e. The Balaban J connectivity index is 1.91. The molecule has 0 radical (unpaired) electrons. The second kappa shape index (κ2) is 15.5. The van der Waals surface area contributed by atoms with Gasteiger partial charge in [-0.1, -0.05) is 99.6 Å². The zero-order chi connectivity index (χ0) is 17.5. The minimum absolute atomic E-state index is 1.09. The zero-order valence-corrected chi connectivity index (χ0v) is 18.2. The van der Waals surface area contributed by atoms with Gasteiger partial charge < -0.3 is 4.90 Å². The monoisotopic (exact) mass is 389 g/mol. The number of nitrogens with zero attached hydrogens (tertiary/aromatic N) is 3. The van der Waals surface area contributed by atoms with Crippen molar-refractivity contribution < 1.29 is 0 Å². The molecule has 0 atom stereocenters. The van der Waals surface area contributed by atoms with Crippen LogP contribution in [0.3, 0.4) is 0 Å². The minimum atomic E-state index is 1.09. The molecule has 0 fully saturated rings. The fourth-order valence-corrected chi connectivity index (χ4v) is 5.65. The van der Waals surface area contributed by atoms with E-state index >= 15 is 0 Å². The Kier molecular flexibility index (Phi) is 14.4. The summed E-state index contributed by atoms with van der Waals surface area (Å²) in [7, 11) is 4.21. The highest BCUT2D eigenvalue weighted by Gasteiger charge is 2.05. The quantitative estimate of drug-likeness (QED) is 0.248.